The van der Waals surface area contributed by atoms with Crippen LogP contribution < -0.4 is 12.4 Å². The molecule has 0 radical (unpaired) electrons. The van der Waals surface area contributed by atoms with Gasteiger partial charge in [0.2, 0.25) is 5.91 Å². The van der Waals surface area contributed by atoms with E-state index in [-0.39, 0.29) is 23.2 Å². The summed E-state index contributed by atoms with van der Waals surface area (Å²) in [5.74, 6) is 2.02. The molecule has 4 aliphatic carbocycles. The Labute approximate surface area is 163 Å². The van der Waals surface area contributed by atoms with Crippen LogP contribution in [0.5, 0.6) is 0 Å². The predicted molar refractivity (Wildman–Crippen MR) is 99.3 cm³/mol. The predicted octanol–water partition coefficient (Wildman–Crippen LogP) is 0.303. The average molecular weight is 374 g/mol. The summed E-state index contributed by atoms with van der Waals surface area (Å²) in [6, 6.07) is 11.1. The highest BCUT2D eigenvalue weighted by Gasteiger charge is 2.61. The minimum absolute atomic E-state index is 0. The molecule has 2 unspecified atom stereocenters. The molecule has 1 saturated heterocycles. The summed E-state index contributed by atoms with van der Waals surface area (Å²) < 4.78 is 0. The Balaban J connectivity index is 0.00000168. The number of benzene rings is 1. The van der Waals surface area contributed by atoms with Crippen molar-refractivity contribution in [2.75, 3.05) is 33.2 Å². The highest BCUT2D eigenvalue weighted by molar-refractivity contribution is 5.84. The molecule has 4 saturated carbocycles. The number of carbonyl (C=O) groups is 1. The zero-order valence-electron chi connectivity index (χ0n) is 15.8. The number of likely N-dealkylation sites (N-methyl/N-ethyl adjacent to an activating group) is 1. The van der Waals surface area contributed by atoms with E-state index in [4.69, 9.17) is 0 Å². The number of hydrogen-bond acceptors (Lipinski definition) is 2. The van der Waals surface area contributed by atoms with Gasteiger partial charge in [-0.25, -0.2) is 0 Å². The quantitative estimate of drug-likeness (QED) is 0.744. The van der Waals surface area contributed by atoms with Crippen LogP contribution in [-0.4, -0.2) is 48.9 Å². The summed E-state index contributed by atoms with van der Waals surface area (Å²) in [4.78, 5) is 18.2. The molecule has 0 aromatic heterocycles. The van der Waals surface area contributed by atoms with Gasteiger partial charge in [0.15, 0.2) is 0 Å². The van der Waals surface area contributed by atoms with Crippen molar-refractivity contribution in [2.45, 2.75) is 43.9 Å². The maximum absolute atomic E-state index is 13.6. The van der Waals surface area contributed by atoms with Crippen LogP contribution in [0.4, 0.5) is 0 Å². The average Bonchev–Trinajstić information content (AvgIpc) is 2.61. The van der Waals surface area contributed by atoms with Crippen LogP contribution in [0.25, 0.3) is 0 Å². The Bertz CT molecular complexity index is 654. The van der Waals surface area contributed by atoms with E-state index >= 15 is 0 Å². The molecule has 0 spiro atoms. The number of halogens is 1. The second-order valence-corrected chi connectivity index (χ2v) is 9.48. The van der Waals surface area contributed by atoms with Crippen molar-refractivity contribution in [3.63, 3.8) is 0 Å². The molecule has 26 heavy (non-hydrogen) atoms. The highest BCUT2D eigenvalue weighted by Crippen LogP contribution is 2.66. The summed E-state index contributed by atoms with van der Waals surface area (Å²) in [6.45, 7) is 3.90. The molecular formula is C22H30ClN2O-. The molecule has 0 N–H and O–H groups in total. The molecule has 3 nitrogen and oxygen atoms in total. The number of nitrogens with zero attached hydrogens (tertiary/aromatic N) is 2. The monoisotopic (exact) mass is 373 g/mol. The maximum Gasteiger partial charge on any atom is 0.228 e. The van der Waals surface area contributed by atoms with E-state index in [0.717, 1.165) is 57.3 Å². The zero-order valence-corrected chi connectivity index (χ0v) is 16.5. The SMILES string of the molecule is CN1CCN(C(=O)C23CC4CC(C2)CC(c2ccccc2)(C4)C3)CC1.[Cl-]. The summed E-state index contributed by atoms with van der Waals surface area (Å²) >= 11 is 0. The highest BCUT2D eigenvalue weighted by atomic mass is 35.5. The van der Waals surface area contributed by atoms with Gasteiger partial charge in [-0.15, -0.1) is 0 Å². The van der Waals surface area contributed by atoms with Crippen molar-refractivity contribution in [1.82, 2.24) is 9.80 Å². The van der Waals surface area contributed by atoms with Crippen LogP contribution in [0, 0.1) is 17.3 Å². The zero-order chi connectivity index (χ0) is 17.1. The Morgan fingerprint density at radius 3 is 2.19 bits per heavy atom. The van der Waals surface area contributed by atoms with Crippen molar-refractivity contribution >= 4 is 5.91 Å². The van der Waals surface area contributed by atoms with Gasteiger partial charge in [0.05, 0.1) is 5.41 Å². The second kappa shape index (κ2) is 6.53. The van der Waals surface area contributed by atoms with Crippen LogP contribution >= 0.6 is 0 Å². The summed E-state index contributed by atoms with van der Waals surface area (Å²) in [5.41, 5.74) is 1.71. The van der Waals surface area contributed by atoms with Crippen LogP contribution in [0.15, 0.2) is 30.3 Å². The van der Waals surface area contributed by atoms with E-state index in [0.29, 0.717) is 5.91 Å². The third-order valence-electron chi connectivity index (χ3n) is 7.69. The summed E-state index contributed by atoms with van der Waals surface area (Å²) in [5, 5.41) is 0. The van der Waals surface area contributed by atoms with Crippen LogP contribution in [0.2, 0.25) is 0 Å². The Kier molecular flexibility index (Phi) is 4.60. The molecule has 4 heteroatoms. The first kappa shape index (κ1) is 18.3. The van der Waals surface area contributed by atoms with Gasteiger partial charge in [-0.2, -0.15) is 0 Å². The molecule has 6 rings (SSSR count). The Morgan fingerprint density at radius 2 is 1.58 bits per heavy atom. The lowest BCUT2D eigenvalue weighted by Crippen LogP contribution is -3.00. The third kappa shape index (κ3) is 2.79. The van der Waals surface area contributed by atoms with Gasteiger partial charge >= 0.3 is 0 Å². The van der Waals surface area contributed by atoms with E-state index in [1.807, 2.05) is 0 Å². The lowest BCUT2D eigenvalue weighted by molar-refractivity contribution is -0.161. The lowest BCUT2D eigenvalue weighted by Gasteiger charge is -2.62. The number of rotatable bonds is 2. The van der Waals surface area contributed by atoms with E-state index in [1.54, 1.807) is 0 Å². The van der Waals surface area contributed by atoms with Crippen molar-refractivity contribution in [3.8, 4) is 0 Å². The standard InChI is InChI=1S/C22H30N2O.ClH/c1-23-7-9-24(10-8-23)20(25)22-14-17-11-18(15-22)13-21(12-17,16-22)19-5-3-2-4-6-19;/h2-6,17-18H,7-16H2,1H3;1H/p-1. The van der Waals surface area contributed by atoms with Crippen molar-refractivity contribution < 1.29 is 17.2 Å². The lowest BCUT2D eigenvalue weighted by atomic mass is 9.42. The normalized spacial score (nSPS) is 38.9. The maximum atomic E-state index is 13.6. The van der Waals surface area contributed by atoms with Gasteiger partial charge in [0.1, 0.15) is 0 Å². The van der Waals surface area contributed by atoms with Crippen LogP contribution in [-0.2, 0) is 10.2 Å². The Morgan fingerprint density at radius 1 is 0.962 bits per heavy atom. The third-order valence-corrected chi connectivity index (χ3v) is 7.69. The van der Waals surface area contributed by atoms with E-state index in [2.05, 4.69) is 47.2 Å². The van der Waals surface area contributed by atoms with Gasteiger partial charge in [0.25, 0.3) is 0 Å². The van der Waals surface area contributed by atoms with E-state index in [1.165, 1.54) is 24.8 Å². The number of amides is 1. The minimum atomic E-state index is -0.0597. The fraction of sp³-hybridized carbons (Fsp3) is 0.682. The first-order valence-corrected chi connectivity index (χ1v) is 10.1. The van der Waals surface area contributed by atoms with Crippen molar-refractivity contribution in [1.29, 1.82) is 0 Å². The van der Waals surface area contributed by atoms with Gasteiger partial charge in [-0.1, -0.05) is 30.3 Å². The minimum Gasteiger partial charge on any atom is -1.00 e. The smallest absolute Gasteiger partial charge is 0.228 e. The number of hydrogen-bond donors (Lipinski definition) is 0. The van der Waals surface area contributed by atoms with E-state index < -0.39 is 0 Å². The molecule has 1 amide bonds. The molecule has 5 fully saturated rings. The van der Waals surface area contributed by atoms with Crippen molar-refractivity contribution in [2.24, 2.45) is 17.3 Å². The van der Waals surface area contributed by atoms with Gasteiger partial charge < -0.3 is 22.2 Å². The molecule has 1 aliphatic heterocycles. The molecule has 1 aromatic carbocycles. The molecule has 2 atom stereocenters. The first-order valence-electron chi connectivity index (χ1n) is 10.1. The molecule has 1 aromatic rings. The van der Waals surface area contributed by atoms with Gasteiger partial charge in [0, 0.05) is 26.2 Å². The summed E-state index contributed by atoms with van der Waals surface area (Å²) in [7, 11) is 2.16. The second-order valence-electron chi connectivity index (χ2n) is 9.48. The molecule has 1 heterocycles. The number of piperazine rings is 1. The van der Waals surface area contributed by atoms with E-state index in [9.17, 15) is 4.79 Å². The first-order chi connectivity index (χ1) is 12.1. The molecule has 5 aliphatic rings. The fourth-order valence-corrected chi connectivity index (χ4v) is 6.99. The summed E-state index contributed by atoms with van der Waals surface area (Å²) in [6.07, 6.45) is 7.40. The van der Waals surface area contributed by atoms with Crippen LogP contribution in [0.3, 0.4) is 0 Å². The molecule has 4 bridgehead atoms. The Hall–Kier alpha value is -1.06. The molecule has 142 valence electrons. The molecular weight excluding hydrogens is 344 g/mol. The number of carbonyl (C=O) groups excluding carboxylic acids is 1. The van der Waals surface area contributed by atoms with Gasteiger partial charge in [-0.05, 0) is 68.4 Å². The fourth-order valence-electron chi connectivity index (χ4n) is 6.99. The topological polar surface area (TPSA) is 23.6 Å². The van der Waals surface area contributed by atoms with Crippen molar-refractivity contribution in [3.05, 3.63) is 35.9 Å². The van der Waals surface area contributed by atoms with Gasteiger partial charge in [-0.3, -0.25) is 4.79 Å². The largest absolute Gasteiger partial charge is 1.00 e. The van der Waals surface area contributed by atoms with Crippen LogP contribution in [0.1, 0.15) is 44.1 Å².